The number of nitrogens with one attached hydrogen (secondary N) is 1. The number of sulfonamides is 1. The molecule has 0 bridgehead atoms. The number of hydrogen-bond acceptors (Lipinski definition) is 5. The molecule has 2 N–H and O–H groups in total. The maximum Gasteiger partial charge on any atom is 0.243 e. The molecule has 0 saturated carbocycles. The van der Waals surface area contributed by atoms with Crippen molar-refractivity contribution in [2.45, 2.75) is 43.7 Å². The summed E-state index contributed by atoms with van der Waals surface area (Å²) in [6.07, 6.45) is 5.50. The number of anilines is 1. The summed E-state index contributed by atoms with van der Waals surface area (Å²) in [5.74, 6) is 0.210. The van der Waals surface area contributed by atoms with E-state index in [0.717, 1.165) is 25.1 Å². The Morgan fingerprint density at radius 3 is 2.81 bits per heavy atom. The van der Waals surface area contributed by atoms with Crippen molar-refractivity contribution in [3.8, 4) is 0 Å². The molecular formula is C19H26N4O3S. The van der Waals surface area contributed by atoms with Crippen LogP contribution in [-0.4, -0.2) is 47.3 Å². The molecule has 0 atom stereocenters. The minimum Gasteiger partial charge on any atom is -0.396 e. The van der Waals surface area contributed by atoms with Gasteiger partial charge in [-0.2, -0.15) is 9.40 Å². The van der Waals surface area contributed by atoms with Gasteiger partial charge in [0, 0.05) is 49.7 Å². The van der Waals surface area contributed by atoms with Crippen LogP contribution in [0.25, 0.3) is 0 Å². The van der Waals surface area contributed by atoms with E-state index in [2.05, 4.69) is 10.4 Å². The molecule has 8 heteroatoms. The van der Waals surface area contributed by atoms with E-state index in [4.69, 9.17) is 0 Å². The highest BCUT2D eigenvalue weighted by molar-refractivity contribution is 7.89. The summed E-state index contributed by atoms with van der Waals surface area (Å²) >= 11 is 0. The van der Waals surface area contributed by atoms with E-state index in [0.29, 0.717) is 37.4 Å². The molecule has 2 aromatic rings. The van der Waals surface area contributed by atoms with Gasteiger partial charge in [-0.15, -0.1) is 0 Å². The summed E-state index contributed by atoms with van der Waals surface area (Å²) in [5, 5.41) is 17.0. The van der Waals surface area contributed by atoms with E-state index in [1.54, 1.807) is 18.2 Å². The van der Waals surface area contributed by atoms with Crippen LogP contribution in [0.5, 0.6) is 0 Å². The van der Waals surface area contributed by atoms with Crippen molar-refractivity contribution in [3.05, 3.63) is 41.7 Å². The molecule has 2 aliphatic rings. The molecule has 146 valence electrons. The monoisotopic (exact) mass is 390 g/mol. The van der Waals surface area contributed by atoms with Crippen molar-refractivity contribution in [1.82, 2.24) is 14.1 Å². The lowest BCUT2D eigenvalue weighted by atomic mass is 10.00. The Hall–Kier alpha value is -1.90. The van der Waals surface area contributed by atoms with Gasteiger partial charge in [0.1, 0.15) is 0 Å². The third-order valence-electron chi connectivity index (χ3n) is 5.61. The third kappa shape index (κ3) is 3.74. The van der Waals surface area contributed by atoms with Crippen molar-refractivity contribution in [2.75, 3.05) is 25.0 Å². The number of fused-ring (bicyclic) bond motifs is 1. The number of piperidine rings is 1. The molecule has 27 heavy (non-hydrogen) atoms. The summed E-state index contributed by atoms with van der Waals surface area (Å²) < 4.78 is 29.5. The average Bonchev–Trinajstić information content (AvgIpc) is 3.31. The Morgan fingerprint density at radius 1 is 1.22 bits per heavy atom. The molecule has 0 radical (unpaired) electrons. The van der Waals surface area contributed by atoms with Gasteiger partial charge in [0.05, 0.1) is 11.1 Å². The first kappa shape index (κ1) is 18.5. The van der Waals surface area contributed by atoms with E-state index in [9.17, 15) is 13.5 Å². The van der Waals surface area contributed by atoms with E-state index in [1.807, 2.05) is 16.9 Å². The fraction of sp³-hybridized carbons (Fsp3) is 0.526. The summed E-state index contributed by atoms with van der Waals surface area (Å²) in [4.78, 5) is 0.315. The van der Waals surface area contributed by atoms with Gasteiger partial charge in [-0.05, 0) is 49.8 Å². The second-order valence-electron chi connectivity index (χ2n) is 7.35. The molecule has 1 aromatic carbocycles. The van der Waals surface area contributed by atoms with Crippen LogP contribution in [0, 0.1) is 5.92 Å². The van der Waals surface area contributed by atoms with Gasteiger partial charge in [-0.1, -0.05) is 6.07 Å². The number of aromatic nitrogens is 2. The summed E-state index contributed by atoms with van der Waals surface area (Å²) in [6.45, 7) is 2.68. The van der Waals surface area contributed by atoms with Gasteiger partial charge in [-0.25, -0.2) is 8.42 Å². The molecular weight excluding hydrogens is 364 g/mol. The van der Waals surface area contributed by atoms with Gasteiger partial charge in [0.25, 0.3) is 0 Å². The first-order valence-electron chi connectivity index (χ1n) is 9.56. The lowest BCUT2D eigenvalue weighted by Crippen LogP contribution is -2.39. The Morgan fingerprint density at radius 2 is 2.04 bits per heavy atom. The largest absolute Gasteiger partial charge is 0.396 e. The minimum atomic E-state index is -3.50. The van der Waals surface area contributed by atoms with Crippen LogP contribution in [0.15, 0.2) is 35.4 Å². The van der Waals surface area contributed by atoms with E-state index >= 15 is 0 Å². The predicted molar refractivity (Wildman–Crippen MR) is 103 cm³/mol. The van der Waals surface area contributed by atoms with Crippen LogP contribution >= 0.6 is 0 Å². The number of benzene rings is 1. The molecule has 1 aromatic heterocycles. The number of aliphatic hydroxyl groups is 1. The topological polar surface area (TPSA) is 87.5 Å². The maximum atomic E-state index is 12.9. The summed E-state index contributed by atoms with van der Waals surface area (Å²) in [7, 11) is -3.50. The minimum absolute atomic E-state index is 0.131. The average molecular weight is 391 g/mol. The second kappa shape index (κ2) is 7.61. The highest BCUT2D eigenvalue weighted by Crippen LogP contribution is 2.26. The number of aryl methyl sites for hydroxylation is 1. The molecule has 0 amide bonds. The predicted octanol–water partition coefficient (Wildman–Crippen LogP) is 1.83. The van der Waals surface area contributed by atoms with Gasteiger partial charge in [0.2, 0.25) is 10.0 Å². The van der Waals surface area contributed by atoms with Crippen molar-refractivity contribution in [2.24, 2.45) is 5.92 Å². The quantitative estimate of drug-likeness (QED) is 0.786. The molecule has 0 unspecified atom stereocenters. The van der Waals surface area contributed by atoms with Crippen molar-refractivity contribution in [1.29, 1.82) is 0 Å². The smallest absolute Gasteiger partial charge is 0.243 e. The number of aliphatic hydroxyl groups excluding tert-OH is 1. The fourth-order valence-electron chi connectivity index (χ4n) is 3.92. The van der Waals surface area contributed by atoms with Crippen molar-refractivity contribution < 1.29 is 13.5 Å². The Kier molecular flexibility index (Phi) is 5.21. The van der Waals surface area contributed by atoms with Gasteiger partial charge < -0.3 is 10.4 Å². The molecule has 0 aliphatic carbocycles. The highest BCUT2D eigenvalue weighted by Gasteiger charge is 2.29. The summed E-state index contributed by atoms with van der Waals surface area (Å²) in [6, 6.07) is 7.02. The van der Waals surface area contributed by atoms with Crippen LogP contribution in [0.3, 0.4) is 0 Å². The lowest BCUT2D eigenvalue weighted by molar-refractivity contribution is 0.170. The van der Waals surface area contributed by atoms with Crippen molar-refractivity contribution >= 4 is 15.7 Å². The number of hydrogen-bond donors (Lipinski definition) is 2. The summed E-state index contributed by atoms with van der Waals surface area (Å²) in [5.41, 5.74) is 3.24. The molecule has 7 nitrogen and oxygen atoms in total. The normalized spacial score (nSPS) is 18.6. The zero-order valence-electron chi connectivity index (χ0n) is 15.3. The Bertz CT molecular complexity index is 901. The maximum absolute atomic E-state index is 12.9. The second-order valence-corrected chi connectivity index (χ2v) is 9.29. The van der Waals surface area contributed by atoms with E-state index in [1.165, 1.54) is 15.6 Å². The van der Waals surface area contributed by atoms with Gasteiger partial charge in [0.15, 0.2) is 0 Å². The van der Waals surface area contributed by atoms with Crippen LogP contribution in [0.2, 0.25) is 0 Å². The van der Waals surface area contributed by atoms with Gasteiger partial charge >= 0.3 is 0 Å². The van der Waals surface area contributed by atoms with Crippen LogP contribution in [0.4, 0.5) is 5.69 Å². The van der Waals surface area contributed by atoms with Crippen LogP contribution < -0.4 is 5.32 Å². The molecule has 1 fully saturated rings. The Labute approximate surface area is 160 Å². The number of rotatable bonds is 6. The molecule has 2 aliphatic heterocycles. The zero-order valence-corrected chi connectivity index (χ0v) is 16.2. The first-order valence-corrected chi connectivity index (χ1v) is 11.0. The number of nitrogens with zero attached hydrogens (tertiary/aromatic N) is 3. The Balaban J connectivity index is 1.45. The SMILES string of the molecule is O=S(=O)(c1cccc(NCc2cnn3c2CCC3)c1)N1CCC(CO)CC1. The molecule has 1 saturated heterocycles. The van der Waals surface area contributed by atoms with Gasteiger partial charge in [-0.3, -0.25) is 4.68 Å². The molecule has 3 heterocycles. The lowest BCUT2D eigenvalue weighted by Gasteiger charge is -2.30. The zero-order chi connectivity index (χ0) is 18.9. The third-order valence-corrected chi connectivity index (χ3v) is 7.50. The highest BCUT2D eigenvalue weighted by atomic mass is 32.2. The fourth-order valence-corrected chi connectivity index (χ4v) is 5.44. The molecule has 0 spiro atoms. The molecule has 4 rings (SSSR count). The van der Waals surface area contributed by atoms with Crippen LogP contribution in [-0.2, 0) is 29.5 Å². The van der Waals surface area contributed by atoms with Crippen molar-refractivity contribution in [3.63, 3.8) is 0 Å². The first-order chi connectivity index (χ1) is 13.1. The van der Waals surface area contributed by atoms with E-state index < -0.39 is 10.0 Å². The van der Waals surface area contributed by atoms with Crippen LogP contribution in [0.1, 0.15) is 30.5 Å². The van der Waals surface area contributed by atoms with E-state index in [-0.39, 0.29) is 12.5 Å². The standard InChI is InChI=1S/C19H26N4O3S/c24-14-15-6-9-22(10-7-15)27(25,26)18-4-1-3-17(11-18)20-12-16-13-21-23-8-2-5-19(16)23/h1,3-4,11,13,15,20,24H,2,5-10,12,14H2.